The molecule has 0 radical (unpaired) electrons. The molecule has 1 aromatic carbocycles. The van der Waals surface area contributed by atoms with Gasteiger partial charge in [0.25, 0.3) is 0 Å². The third-order valence-corrected chi connectivity index (χ3v) is 3.40. The van der Waals surface area contributed by atoms with Crippen LogP contribution in [0.3, 0.4) is 0 Å². The Morgan fingerprint density at radius 1 is 1.17 bits per heavy atom. The maximum absolute atomic E-state index is 11.7. The van der Waals surface area contributed by atoms with Crippen molar-refractivity contribution in [1.82, 2.24) is 10.6 Å². The van der Waals surface area contributed by atoms with E-state index in [1.54, 1.807) is 20.3 Å². The Morgan fingerprint density at radius 2 is 1.87 bits per heavy atom. The van der Waals surface area contributed by atoms with Gasteiger partial charge in [-0.3, -0.25) is 9.59 Å². The van der Waals surface area contributed by atoms with E-state index in [4.69, 9.17) is 14.6 Å². The summed E-state index contributed by atoms with van der Waals surface area (Å²) in [6.45, 7) is 1.94. The smallest absolute Gasteiger partial charge is 0.309 e. The largest absolute Gasteiger partial charge is 0.493 e. The second kappa shape index (κ2) is 9.68. The van der Waals surface area contributed by atoms with E-state index in [2.05, 4.69) is 10.6 Å². The van der Waals surface area contributed by atoms with Gasteiger partial charge in [-0.1, -0.05) is 13.0 Å². The Kier molecular flexibility index (Phi) is 7.90. The molecule has 23 heavy (non-hydrogen) atoms. The fourth-order valence-corrected chi connectivity index (χ4v) is 1.96. The molecule has 0 aliphatic heterocycles. The van der Waals surface area contributed by atoms with Gasteiger partial charge >= 0.3 is 11.8 Å². The summed E-state index contributed by atoms with van der Waals surface area (Å²) in [5.74, 6) is -0.201. The number of benzene rings is 1. The van der Waals surface area contributed by atoms with Crippen LogP contribution in [0.15, 0.2) is 18.2 Å². The van der Waals surface area contributed by atoms with Gasteiger partial charge in [-0.2, -0.15) is 0 Å². The van der Waals surface area contributed by atoms with Gasteiger partial charge in [0, 0.05) is 6.54 Å². The Labute approximate surface area is 136 Å². The molecule has 0 aliphatic carbocycles. The zero-order valence-electron chi connectivity index (χ0n) is 13.7. The molecule has 3 N–H and O–H groups in total. The van der Waals surface area contributed by atoms with Crippen molar-refractivity contribution in [3.05, 3.63) is 23.8 Å². The van der Waals surface area contributed by atoms with Crippen molar-refractivity contribution in [2.45, 2.75) is 25.8 Å². The van der Waals surface area contributed by atoms with Crippen molar-refractivity contribution in [2.75, 3.05) is 27.4 Å². The van der Waals surface area contributed by atoms with Crippen LogP contribution in [0.4, 0.5) is 0 Å². The molecule has 0 fully saturated rings. The molecule has 2 amide bonds. The van der Waals surface area contributed by atoms with E-state index < -0.39 is 17.9 Å². The molecule has 0 aliphatic rings. The fourth-order valence-electron chi connectivity index (χ4n) is 1.96. The summed E-state index contributed by atoms with van der Waals surface area (Å²) in [6, 6.07) is 5.07. The summed E-state index contributed by atoms with van der Waals surface area (Å²) < 4.78 is 10.4. The second-order valence-electron chi connectivity index (χ2n) is 4.96. The average molecular weight is 324 g/mol. The minimum atomic E-state index is -0.738. The van der Waals surface area contributed by atoms with Crippen LogP contribution in [0.2, 0.25) is 0 Å². The minimum Gasteiger partial charge on any atom is -0.493 e. The number of aliphatic hydroxyl groups is 1. The number of aliphatic hydroxyl groups excluding tert-OH is 1. The molecule has 7 heteroatoms. The quantitative estimate of drug-likeness (QED) is 0.596. The highest BCUT2D eigenvalue weighted by Crippen LogP contribution is 2.27. The Bertz CT molecular complexity index is 529. The normalized spacial score (nSPS) is 11.5. The number of hydrogen-bond donors (Lipinski definition) is 3. The lowest BCUT2D eigenvalue weighted by Crippen LogP contribution is -2.46. The van der Waals surface area contributed by atoms with Crippen LogP contribution in [-0.2, 0) is 16.0 Å². The number of methoxy groups -OCH3 is 2. The number of carbonyl (C=O) groups excluding carboxylic acids is 2. The van der Waals surface area contributed by atoms with Crippen molar-refractivity contribution in [2.24, 2.45) is 0 Å². The van der Waals surface area contributed by atoms with E-state index >= 15 is 0 Å². The molecule has 1 rings (SSSR count). The molecule has 1 aromatic rings. The molecule has 7 nitrogen and oxygen atoms in total. The first-order valence-electron chi connectivity index (χ1n) is 7.46. The summed E-state index contributed by atoms with van der Waals surface area (Å²) in [5, 5.41) is 14.0. The number of carbonyl (C=O) groups is 2. The first-order valence-corrected chi connectivity index (χ1v) is 7.46. The lowest BCUT2D eigenvalue weighted by atomic mass is 10.1. The van der Waals surface area contributed by atoms with E-state index in [0.29, 0.717) is 30.9 Å². The highest BCUT2D eigenvalue weighted by atomic mass is 16.5. The summed E-state index contributed by atoms with van der Waals surface area (Å²) in [6.07, 6.45) is 1.11. The highest BCUT2D eigenvalue weighted by molar-refractivity contribution is 6.35. The maximum atomic E-state index is 11.7. The molecule has 0 aromatic heterocycles. The monoisotopic (exact) mass is 324 g/mol. The van der Waals surface area contributed by atoms with Crippen molar-refractivity contribution in [1.29, 1.82) is 0 Å². The lowest BCUT2D eigenvalue weighted by Gasteiger charge is -2.13. The predicted octanol–water partition coefficient (Wildman–Crippen LogP) is 0.250. The van der Waals surface area contributed by atoms with Crippen LogP contribution in [0.1, 0.15) is 18.9 Å². The standard InChI is InChI=1S/C16H24N2O5/c1-4-12(10-19)18-16(21)15(20)17-8-7-11-5-6-13(22-2)14(9-11)23-3/h5-6,9,12,19H,4,7-8,10H2,1-3H3,(H,17,20)(H,18,21). The first kappa shape index (κ1) is 18.8. The summed E-state index contributed by atoms with van der Waals surface area (Å²) in [5.41, 5.74) is 0.949. The molecule has 0 saturated carbocycles. The average Bonchev–Trinajstić information content (AvgIpc) is 2.58. The number of amides is 2. The number of rotatable bonds is 8. The molecule has 128 valence electrons. The zero-order valence-corrected chi connectivity index (χ0v) is 13.7. The van der Waals surface area contributed by atoms with Gasteiger partial charge in [-0.25, -0.2) is 0 Å². The van der Waals surface area contributed by atoms with E-state index in [1.165, 1.54) is 0 Å². The van der Waals surface area contributed by atoms with Crippen LogP contribution in [0, 0.1) is 0 Å². The SMILES string of the molecule is CCC(CO)NC(=O)C(=O)NCCc1ccc(OC)c(OC)c1. The molecule has 0 saturated heterocycles. The molecular formula is C16H24N2O5. The van der Waals surface area contributed by atoms with Crippen molar-refractivity contribution < 1.29 is 24.2 Å². The highest BCUT2D eigenvalue weighted by Gasteiger charge is 2.16. The Hall–Kier alpha value is -2.28. The van der Waals surface area contributed by atoms with Crippen LogP contribution in [0.5, 0.6) is 11.5 Å². The van der Waals surface area contributed by atoms with Gasteiger partial charge in [-0.15, -0.1) is 0 Å². The topological polar surface area (TPSA) is 96.9 Å². The van der Waals surface area contributed by atoms with E-state index in [9.17, 15) is 9.59 Å². The van der Waals surface area contributed by atoms with Gasteiger partial charge in [0.1, 0.15) is 0 Å². The maximum Gasteiger partial charge on any atom is 0.309 e. The number of nitrogens with one attached hydrogen (secondary N) is 2. The third-order valence-electron chi connectivity index (χ3n) is 3.40. The molecule has 1 unspecified atom stereocenters. The Morgan fingerprint density at radius 3 is 2.43 bits per heavy atom. The van der Waals surface area contributed by atoms with E-state index in [0.717, 1.165) is 5.56 Å². The van der Waals surface area contributed by atoms with Crippen molar-refractivity contribution >= 4 is 11.8 Å². The third kappa shape index (κ3) is 5.78. The van der Waals surface area contributed by atoms with Crippen LogP contribution in [-0.4, -0.2) is 50.3 Å². The van der Waals surface area contributed by atoms with Gasteiger partial charge < -0.3 is 25.2 Å². The van der Waals surface area contributed by atoms with E-state index in [1.807, 2.05) is 19.1 Å². The molecule has 0 bridgehead atoms. The van der Waals surface area contributed by atoms with Crippen molar-refractivity contribution in [3.63, 3.8) is 0 Å². The van der Waals surface area contributed by atoms with Crippen molar-refractivity contribution in [3.8, 4) is 11.5 Å². The molecular weight excluding hydrogens is 300 g/mol. The minimum absolute atomic E-state index is 0.193. The number of ether oxygens (including phenoxy) is 2. The summed E-state index contributed by atoms with van der Waals surface area (Å²) in [4.78, 5) is 23.3. The van der Waals surface area contributed by atoms with Crippen LogP contribution < -0.4 is 20.1 Å². The predicted molar refractivity (Wildman–Crippen MR) is 85.6 cm³/mol. The molecule has 0 heterocycles. The van der Waals surface area contributed by atoms with Gasteiger partial charge in [0.05, 0.1) is 26.9 Å². The lowest BCUT2D eigenvalue weighted by molar-refractivity contribution is -0.139. The summed E-state index contributed by atoms with van der Waals surface area (Å²) >= 11 is 0. The second-order valence-corrected chi connectivity index (χ2v) is 4.96. The van der Waals surface area contributed by atoms with Crippen LogP contribution in [0.25, 0.3) is 0 Å². The van der Waals surface area contributed by atoms with Crippen LogP contribution >= 0.6 is 0 Å². The Balaban J connectivity index is 2.47. The molecule has 0 spiro atoms. The van der Waals surface area contributed by atoms with Gasteiger partial charge in [0.15, 0.2) is 11.5 Å². The summed E-state index contributed by atoms with van der Waals surface area (Å²) in [7, 11) is 3.12. The van der Waals surface area contributed by atoms with Gasteiger partial charge in [-0.05, 0) is 30.5 Å². The number of hydrogen-bond acceptors (Lipinski definition) is 5. The zero-order chi connectivity index (χ0) is 17.2. The van der Waals surface area contributed by atoms with Gasteiger partial charge in [0.2, 0.25) is 0 Å². The first-order chi connectivity index (χ1) is 11.0. The molecule has 1 atom stereocenters. The fraction of sp³-hybridized carbons (Fsp3) is 0.500. The van der Waals surface area contributed by atoms with E-state index in [-0.39, 0.29) is 6.61 Å².